The Balaban J connectivity index is 1.87. The molecule has 6 nitrogen and oxygen atoms in total. The SMILES string of the molecule is CC[C@H](C(=O)O)N1CCC(C(=O)Nc2ccc(Cl)cn2)CC1. The van der Waals surface area contributed by atoms with E-state index in [9.17, 15) is 14.7 Å². The maximum Gasteiger partial charge on any atom is 0.320 e. The fourth-order valence-electron chi connectivity index (χ4n) is 2.74. The van der Waals surface area contributed by atoms with Gasteiger partial charge in [-0.1, -0.05) is 18.5 Å². The van der Waals surface area contributed by atoms with Crippen LogP contribution in [0.5, 0.6) is 0 Å². The van der Waals surface area contributed by atoms with Crippen LogP contribution in [0.2, 0.25) is 5.02 Å². The number of rotatable bonds is 5. The summed E-state index contributed by atoms with van der Waals surface area (Å²) >= 11 is 5.75. The predicted octanol–water partition coefficient (Wildman–Crippen LogP) is 2.25. The molecule has 1 aliphatic rings. The third-order valence-electron chi connectivity index (χ3n) is 3.99. The Morgan fingerprint density at radius 3 is 2.64 bits per heavy atom. The van der Waals surface area contributed by atoms with E-state index in [1.54, 1.807) is 12.1 Å². The van der Waals surface area contributed by atoms with E-state index < -0.39 is 12.0 Å². The average Bonchev–Trinajstić information content (AvgIpc) is 2.50. The zero-order valence-corrected chi connectivity index (χ0v) is 13.2. The average molecular weight is 326 g/mol. The largest absolute Gasteiger partial charge is 0.480 e. The van der Waals surface area contributed by atoms with Crippen LogP contribution in [0.4, 0.5) is 5.82 Å². The van der Waals surface area contributed by atoms with Gasteiger partial charge in [0.25, 0.3) is 0 Å². The molecule has 1 saturated heterocycles. The Labute approximate surface area is 134 Å². The number of amides is 1. The summed E-state index contributed by atoms with van der Waals surface area (Å²) in [5.74, 6) is -0.498. The lowest BCUT2D eigenvalue weighted by Gasteiger charge is -2.34. The summed E-state index contributed by atoms with van der Waals surface area (Å²) in [4.78, 5) is 29.4. The van der Waals surface area contributed by atoms with Crippen LogP contribution in [-0.2, 0) is 9.59 Å². The highest BCUT2D eigenvalue weighted by Crippen LogP contribution is 2.22. The molecule has 1 aliphatic heterocycles. The lowest BCUT2D eigenvalue weighted by molar-refractivity contribution is -0.144. The van der Waals surface area contributed by atoms with Crippen molar-refractivity contribution < 1.29 is 14.7 Å². The molecule has 0 saturated carbocycles. The van der Waals surface area contributed by atoms with Crippen molar-refractivity contribution in [2.75, 3.05) is 18.4 Å². The summed E-state index contributed by atoms with van der Waals surface area (Å²) in [6, 6.07) is 2.88. The second kappa shape index (κ2) is 7.56. The van der Waals surface area contributed by atoms with Gasteiger partial charge in [-0.25, -0.2) is 4.98 Å². The van der Waals surface area contributed by atoms with Crippen molar-refractivity contribution in [2.24, 2.45) is 5.92 Å². The Morgan fingerprint density at radius 2 is 2.14 bits per heavy atom. The summed E-state index contributed by atoms with van der Waals surface area (Å²) in [5, 5.41) is 12.5. The molecule has 22 heavy (non-hydrogen) atoms. The standard InChI is InChI=1S/C15H20ClN3O3/c1-2-12(15(21)22)19-7-5-10(6-8-19)14(20)18-13-4-3-11(16)9-17-13/h3-4,9-10,12H,2,5-8H2,1H3,(H,21,22)(H,17,18,20)/t12-/m1/s1. The van der Waals surface area contributed by atoms with Gasteiger partial charge in [-0.3, -0.25) is 14.5 Å². The maximum atomic E-state index is 12.2. The molecule has 0 spiro atoms. The lowest BCUT2D eigenvalue weighted by Crippen LogP contribution is -2.46. The van der Waals surface area contributed by atoms with Crippen molar-refractivity contribution in [3.05, 3.63) is 23.4 Å². The zero-order chi connectivity index (χ0) is 16.1. The van der Waals surface area contributed by atoms with Crippen molar-refractivity contribution in [3.8, 4) is 0 Å². The number of carbonyl (C=O) groups excluding carboxylic acids is 1. The van der Waals surface area contributed by atoms with Crippen LogP contribution in [0.15, 0.2) is 18.3 Å². The summed E-state index contributed by atoms with van der Waals surface area (Å²) in [5.41, 5.74) is 0. The predicted molar refractivity (Wildman–Crippen MR) is 83.9 cm³/mol. The minimum Gasteiger partial charge on any atom is -0.480 e. The maximum absolute atomic E-state index is 12.2. The fourth-order valence-corrected chi connectivity index (χ4v) is 2.85. The summed E-state index contributed by atoms with van der Waals surface area (Å²) in [6.07, 6.45) is 3.37. The normalized spacial score (nSPS) is 17.9. The van der Waals surface area contributed by atoms with Crippen molar-refractivity contribution in [3.63, 3.8) is 0 Å². The molecule has 0 aliphatic carbocycles. The third-order valence-corrected chi connectivity index (χ3v) is 4.22. The third kappa shape index (κ3) is 4.18. The summed E-state index contributed by atoms with van der Waals surface area (Å²) < 4.78 is 0. The molecule has 2 rings (SSSR count). The number of pyridine rings is 1. The Kier molecular flexibility index (Phi) is 5.74. The molecule has 2 heterocycles. The Hall–Kier alpha value is -1.66. The Bertz CT molecular complexity index is 527. The summed E-state index contributed by atoms with van der Waals surface area (Å²) in [6.45, 7) is 3.11. The molecular weight excluding hydrogens is 306 g/mol. The molecule has 0 radical (unpaired) electrons. The first kappa shape index (κ1) is 16.7. The van der Waals surface area contributed by atoms with Gasteiger partial charge in [0, 0.05) is 12.1 Å². The van der Waals surface area contributed by atoms with Gasteiger partial charge in [-0.15, -0.1) is 0 Å². The van der Waals surface area contributed by atoms with E-state index in [2.05, 4.69) is 10.3 Å². The lowest BCUT2D eigenvalue weighted by atomic mass is 9.94. The Morgan fingerprint density at radius 1 is 1.45 bits per heavy atom. The van der Waals surface area contributed by atoms with Crippen LogP contribution in [0.25, 0.3) is 0 Å². The first-order chi connectivity index (χ1) is 10.5. The number of piperidine rings is 1. The van der Waals surface area contributed by atoms with Gasteiger partial charge in [0.05, 0.1) is 5.02 Å². The number of anilines is 1. The monoisotopic (exact) mass is 325 g/mol. The molecule has 0 bridgehead atoms. The first-order valence-electron chi connectivity index (χ1n) is 7.40. The summed E-state index contributed by atoms with van der Waals surface area (Å²) in [7, 11) is 0. The van der Waals surface area contributed by atoms with Gasteiger partial charge in [0.15, 0.2) is 0 Å². The molecule has 1 fully saturated rings. The van der Waals surface area contributed by atoms with Gasteiger partial charge in [-0.2, -0.15) is 0 Å². The topological polar surface area (TPSA) is 82.5 Å². The molecule has 7 heteroatoms. The van der Waals surface area contributed by atoms with Gasteiger partial charge in [0.2, 0.25) is 5.91 Å². The number of carboxylic acids is 1. The van der Waals surface area contributed by atoms with Crippen LogP contribution in [-0.4, -0.2) is 46.0 Å². The number of nitrogens with zero attached hydrogens (tertiary/aromatic N) is 2. The van der Waals surface area contributed by atoms with Crippen LogP contribution in [0.1, 0.15) is 26.2 Å². The number of carboxylic acid groups (broad SMARTS) is 1. The minimum absolute atomic E-state index is 0.0714. The molecule has 1 aromatic heterocycles. The molecule has 0 unspecified atom stereocenters. The second-order valence-electron chi connectivity index (χ2n) is 5.42. The highest BCUT2D eigenvalue weighted by molar-refractivity contribution is 6.30. The molecule has 0 aromatic carbocycles. The van der Waals surface area contributed by atoms with E-state index in [0.29, 0.717) is 43.2 Å². The minimum atomic E-state index is -0.796. The number of likely N-dealkylation sites (tertiary alicyclic amines) is 1. The number of aromatic nitrogens is 1. The van der Waals surface area contributed by atoms with Crippen molar-refractivity contribution in [1.29, 1.82) is 0 Å². The first-order valence-corrected chi connectivity index (χ1v) is 7.78. The van der Waals surface area contributed by atoms with Gasteiger partial charge < -0.3 is 10.4 Å². The second-order valence-corrected chi connectivity index (χ2v) is 5.86. The van der Waals surface area contributed by atoms with Crippen LogP contribution < -0.4 is 5.32 Å². The molecule has 2 N–H and O–H groups in total. The highest BCUT2D eigenvalue weighted by atomic mass is 35.5. The number of aliphatic carboxylic acids is 1. The molecular formula is C15H20ClN3O3. The molecule has 120 valence electrons. The fraction of sp³-hybridized carbons (Fsp3) is 0.533. The van der Waals surface area contributed by atoms with E-state index in [0.717, 1.165) is 0 Å². The van der Waals surface area contributed by atoms with E-state index in [4.69, 9.17) is 11.6 Å². The van der Waals surface area contributed by atoms with Crippen LogP contribution in [0, 0.1) is 5.92 Å². The van der Waals surface area contributed by atoms with Crippen molar-refractivity contribution >= 4 is 29.3 Å². The number of hydrogen-bond acceptors (Lipinski definition) is 4. The molecule has 1 aromatic rings. The van der Waals surface area contributed by atoms with Crippen LogP contribution in [0.3, 0.4) is 0 Å². The molecule has 1 amide bonds. The number of carbonyl (C=O) groups is 2. The van der Waals surface area contributed by atoms with Gasteiger partial charge >= 0.3 is 5.97 Å². The smallest absolute Gasteiger partial charge is 0.320 e. The van der Waals surface area contributed by atoms with E-state index in [-0.39, 0.29) is 11.8 Å². The van der Waals surface area contributed by atoms with Crippen LogP contribution >= 0.6 is 11.6 Å². The number of hydrogen-bond donors (Lipinski definition) is 2. The van der Waals surface area contributed by atoms with E-state index >= 15 is 0 Å². The zero-order valence-electron chi connectivity index (χ0n) is 12.5. The molecule has 1 atom stereocenters. The quantitative estimate of drug-likeness (QED) is 0.867. The highest BCUT2D eigenvalue weighted by Gasteiger charge is 2.31. The van der Waals surface area contributed by atoms with E-state index in [1.807, 2.05) is 11.8 Å². The van der Waals surface area contributed by atoms with Crippen molar-refractivity contribution in [2.45, 2.75) is 32.2 Å². The van der Waals surface area contributed by atoms with Crippen molar-refractivity contribution in [1.82, 2.24) is 9.88 Å². The number of nitrogens with one attached hydrogen (secondary N) is 1. The number of halogens is 1. The van der Waals surface area contributed by atoms with E-state index in [1.165, 1.54) is 6.20 Å². The van der Waals surface area contributed by atoms with Gasteiger partial charge in [-0.05, 0) is 44.5 Å². The van der Waals surface area contributed by atoms with Gasteiger partial charge in [0.1, 0.15) is 11.9 Å².